The third kappa shape index (κ3) is 5.53. The lowest BCUT2D eigenvalue weighted by atomic mass is 10.2. The predicted octanol–water partition coefficient (Wildman–Crippen LogP) is 2.83. The molecule has 120 valence electrons. The van der Waals surface area contributed by atoms with E-state index in [0.29, 0.717) is 0 Å². The monoisotopic (exact) mass is 301 g/mol. The highest BCUT2D eigenvalue weighted by atomic mass is 16.2. The Morgan fingerprint density at radius 3 is 2.50 bits per heavy atom. The quantitative estimate of drug-likeness (QED) is 0.908. The van der Waals surface area contributed by atoms with Crippen LogP contribution in [0.1, 0.15) is 25.8 Å². The zero-order chi connectivity index (χ0) is 15.8. The van der Waals surface area contributed by atoms with Gasteiger partial charge in [0.2, 0.25) is 0 Å². The summed E-state index contributed by atoms with van der Waals surface area (Å²) in [4.78, 5) is 16.3. The van der Waals surface area contributed by atoms with Crippen molar-refractivity contribution < 1.29 is 4.79 Å². The Hall–Kier alpha value is -1.81. The summed E-state index contributed by atoms with van der Waals surface area (Å²) < 4.78 is 0. The van der Waals surface area contributed by atoms with Crippen LogP contribution in [-0.4, -0.2) is 54.6 Å². The highest BCUT2D eigenvalue weighted by Gasteiger charge is 2.20. The molecule has 1 N–H and O–H groups in total. The van der Waals surface area contributed by atoms with Crippen molar-refractivity contribution in [2.24, 2.45) is 0 Å². The van der Waals surface area contributed by atoms with Crippen molar-refractivity contribution >= 4 is 12.1 Å². The molecule has 1 aliphatic heterocycles. The highest BCUT2D eigenvalue weighted by Crippen LogP contribution is 2.05. The van der Waals surface area contributed by atoms with Gasteiger partial charge in [0.05, 0.1) is 0 Å². The number of amides is 2. The molecule has 0 aromatic heterocycles. The SMILES string of the molecule is CC(C)NC(=O)N1CCN(CC/C=C/c2ccccc2)CC1. The predicted molar refractivity (Wildman–Crippen MR) is 91.8 cm³/mol. The van der Waals surface area contributed by atoms with E-state index in [1.165, 1.54) is 5.56 Å². The van der Waals surface area contributed by atoms with Crippen molar-refractivity contribution in [3.8, 4) is 0 Å². The molecule has 0 bridgehead atoms. The van der Waals surface area contributed by atoms with Crippen LogP contribution in [0.15, 0.2) is 36.4 Å². The molecule has 0 atom stereocenters. The number of carbonyl (C=O) groups is 1. The number of carbonyl (C=O) groups excluding carboxylic acids is 1. The van der Waals surface area contributed by atoms with Crippen molar-refractivity contribution in [1.29, 1.82) is 0 Å². The minimum absolute atomic E-state index is 0.0682. The van der Waals surface area contributed by atoms with Crippen LogP contribution in [0.2, 0.25) is 0 Å². The zero-order valence-electron chi connectivity index (χ0n) is 13.7. The first kappa shape index (κ1) is 16.6. The van der Waals surface area contributed by atoms with Crippen LogP contribution in [0.4, 0.5) is 4.79 Å². The number of hydrogen-bond acceptors (Lipinski definition) is 2. The van der Waals surface area contributed by atoms with E-state index < -0.39 is 0 Å². The highest BCUT2D eigenvalue weighted by molar-refractivity contribution is 5.74. The van der Waals surface area contributed by atoms with Crippen LogP contribution in [0, 0.1) is 0 Å². The van der Waals surface area contributed by atoms with Gasteiger partial charge >= 0.3 is 6.03 Å². The maximum atomic E-state index is 11.9. The molecule has 22 heavy (non-hydrogen) atoms. The minimum Gasteiger partial charge on any atom is -0.336 e. The van der Waals surface area contributed by atoms with Gasteiger partial charge in [-0.2, -0.15) is 0 Å². The topological polar surface area (TPSA) is 35.6 Å². The van der Waals surface area contributed by atoms with E-state index in [1.807, 2.05) is 24.8 Å². The summed E-state index contributed by atoms with van der Waals surface area (Å²) >= 11 is 0. The summed E-state index contributed by atoms with van der Waals surface area (Å²) in [5.41, 5.74) is 1.25. The van der Waals surface area contributed by atoms with Crippen LogP contribution < -0.4 is 5.32 Å². The lowest BCUT2D eigenvalue weighted by Gasteiger charge is -2.34. The summed E-state index contributed by atoms with van der Waals surface area (Å²) in [7, 11) is 0. The van der Waals surface area contributed by atoms with Gasteiger partial charge in [-0.05, 0) is 25.8 Å². The van der Waals surface area contributed by atoms with Gasteiger partial charge in [-0.15, -0.1) is 0 Å². The average Bonchev–Trinajstić information content (AvgIpc) is 2.52. The van der Waals surface area contributed by atoms with E-state index >= 15 is 0 Å². The molecule has 0 unspecified atom stereocenters. The Balaban J connectivity index is 1.65. The summed E-state index contributed by atoms with van der Waals surface area (Å²) in [5.74, 6) is 0. The third-order valence-corrected chi connectivity index (χ3v) is 3.79. The molecule has 1 heterocycles. The van der Waals surface area contributed by atoms with Gasteiger partial charge in [0.15, 0.2) is 0 Å². The van der Waals surface area contributed by atoms with E-state index in [4.69, 9.17) is 0 Å². The minimum atomic E-state index is 0.0682. The fourth-order valence-corrected chi connectivity index (χ4v) is 2.55. The number of nitrogens with one attached hydrogen (secondary N) is 1. The Morgan fingerprint density at radius 1 is 1.18 bits per heavy atom. The van der Waals surface area contributed by atoms with Crippen LogP contribution >= 0.6 is 0 Å². The fourth-order valence-electron chi connectivity index (χ4n) is 2.55. The zero-order valence-corrected chi connectivity index (χ0v) is 13.7. The molecule has 1 saturated heterocycles. The molecule has 4 nitrogen and oxygen atoms in total. The molecular weight excluding hydrogens is 274 g/mol. The van der Waals surface area contributed by atoms with Gasteiger partial charge in [-0.1, -0.05) is 42.5 Å². The van der Waals surface area contributed by atoms with Crippen molar-refractivity contribution in [2.45, 2.75) is 26.3 Å². The molecule has 0 radical (unpaired) electrons. The number of urea groups is 1. The molecule has 1 aromatic carbocycles. The summed E-state index contributed by atoms with van der Waals surface area (Å²) in [6.45, 7) is 8.61. The molecule has 2 amide bonds. The summed E-state index contributed by atoms with van der Waals surface area (Å²) in [6, 6.07) is 10.6. The molecular formula is C18H27N3O. The van der Waals surface area contributed by atoms with Gasteiger partial charge in [0, 0.05) is 38.8 Å². The number of piperazine rings is 1. The summed E-state index contributed by atoms with van der Waals surface area (Å²) in [5, 5.41) is 2.96. The van der Waals surface area contributed by atoms with Gasteiger partial charge in [0.25, 0.3) is 0 Å². The van der Waals surface area contributed by atoms with E-state index in [0.717, 1.165) is 39.1 Å². The van der Waals surface area contributed by atoms with Crippen LogP contribution in [-0.2, 0) is 0 Å². The molecule has 1 fully saturated rings. The van der Waals surface area contributed by atoms with Crippen molar-refractivity contribution in [3.63, 3.8) is 0 Å². The second kappa shape index (κ2) is 8.59. The van der Waals surface area contributed by atoms with Crippen LogP contribution in [0.5, 0.6) is 0 Å². The number of benzene rings is 1. The Morgan fingerprint density at radius 2 is 1.86 bits per heavy atom. The number of hydrogen-bond donors (Lipinski definition) is 1. The normalized spacial score (nSPS) is 16.4. The molecule has 2 rings (SSSR count). The maximum absolute atomic E-state index is 11.9. The molecule has 0 aliphatic carbocycles. The molecule has 0 saturated carbocycles. The molecule has 4 heteroatoms. The van der Waals surface area contributed by atoms with E-state index in [2.05, 4.69) is 46.6 Å². The van der Waals surface area contributed by atoms with E-state index in [9.17, 15) is 4.79 Å². The fraction of sp³-hybridized carbons (Fsp3) is 0.500. The standard InChI is InChI=1S/C18H27N3O/c1-16(2)19-18(22)21-14-12-20(13-15-21)11-7-6-10-17-8-4-3-5-9-17/h3-6,8-10,16H,7,11-15H2,1-2H3,(H,19,22)/b10-6+. The van der Waals surface area contributed by atoms with Crippen LogP contribution in [0.3, 0.4) is 0 Å². The van der Waals surface area contributed by atoms with Crippen molar-refractivity contribution in [3.05, 3.63) is 42.0 Å². The second-order valence-electron chi connectivity index (χ2n) is 6.03. The van der Waals surface area contributed by atoms with E-state index in [1.54, 1.807) is 0 Å². The second-order valence-corrected chi connectivity index (χ2v) is 6.03. The van der Waals surface area contributed by atoms with Crippen LogP contribution in [0.25, 0.3) is 6.08 Å². The molecule has 1 aromatic rings. The van der Waals surface area contributed by atoms with Gasteiger partial charge < -0.3 is 10.2 Å². The van der Waals surface area contributed by atoms with Crippen molar-refractivity contribution in [1.82, 2.24) is 15.1 Å². The van der Waals surface area contributed by atoms with Gasteiger partial charge in [0.1, 0.15) is 0 Å². The average molecular weight is 301 g/mol. The smallest absolute Gasteiger partial charge is 0.317 e. The third-order valence-electron chi connectivity index (χ3n) is 3.79. The number of nitrogens with zero attached hydrogens (tertiary/aromatic N) is 2. The Bertz CT molecular complexity index is 476. The summed E-state index contributed by atoms with van der Waals surface area (Å²) in [6.07, 6.45) is 5.45. The van der Waals surface area contributed by atoms with Gasteiger partial charge in [-0.3, -0.25) is 4.90 Å². The first-order valence-corrected chi connectivity index (χ1v) is 8.14. The first-order chi connectivity index (χ1) is 10.6. The van der Waals surface area contributed by atoms with E-state index in [-0.39, 0.29) is 12.1 Å². The lowest BCUT2D eigenvalue weighted by Crippen LogP contribution is -2.52. The lowest BCUT2D eigenvalue weighted by molar-refractivity contribution is 0.139. The van der Waals surface area contributed by atoms with Crippen molar-refractivity contribution in [2.75, 3.05) is 32.7 Å². The Kier molecular flexibility index (Phi) is 6.46. The first-order valence-electron chi connectivity index (χ1n) is 8.14. The molecule has 0 spiro atoms. The Labute approximate surface area is 133 Å². The largest absolute Gasteiger partial charge is 0.336 e. The number of rotatable bonds is 5. The van der Waals surface area contributed by atoms with Gasteiger partial charge in [-0.25, -0.2) is 4.79 Å². The maximum Gasteiger partial charge on any atom is 0.317 e. The molecule has 1 aliphatic rings.